The maximum absolute atomic E-state index is 11.2. The molecule has 0 heterocycles. The van der Waals surface area contributed by atoms with Gasteiger partial charge in [-0.3, -0.25) is 4.79 Å². The molecule has 0 aliphatic heterocycles. The van der Waals surface area contributed by atoms with Gasteiger partial charge in [0.2, 0.25) is 0 Å². The lowest BCUT2D eigenvalue weighted by Gasteiger charge is -2.11. The molecule has 3 rings (SSSR count). The van der Waals surface area contributed by atoms with Gasteiger partial charge in [-0.2, -0.15) is 0 Å². The van der Waals surface area contributed by atoms with Crippen LogP contribution < -0.4 is 0 Å². The zero-order valence-electron chi connectivity index (χ0n) is 8.03. The van der Waals surface area contributed by atoms with E-state index < -0.39 is 0 Å². The summed E-state index contributed by atoms with van der Waals surface area (Å²) < 4.78 is 0. The number of benzene rings is 2. The number of carbonyl (C=O) groups excluding carboxylic acids is 1. The van der Waals surface area contributed by atoms with Crippen molar-refractivity contribution in [2.24, 2.45) is 0 Å². The fourth-order valence-electron chi connectivity index (χ4n) is 1.92. The molecule has 0 amide bonds. The largest absolute Gasteiger partial charge is 0.294 e. The molecule has 0 aromatic heterocycles. The molecule has 0 atom stereocenters. The van der Waals surface area contributed by atoms with Gasteiger partial charge in [-0.25, -0.2) is 0 Å². The first-order valence-corrected chi connectivity index (χ1v) is 4.85. The number of fused-ring (bicyclic) bond motifs is 3. The summed E-state index contributed by atoms with van der Waals surface area (Å²) in [6.07, 6.45) is 6.26. The monoisotopic (exact) mass is 192 g/mol. The number of ketones is 1. The highest BCUT2D eigenvalue weighted by atomic mass is 16.1. The average molecular weight is 192 g/mol. The van der Waals surface area contributed by atoms with Crippen molar-refractivity contribution < 1.29 is 4.79 Å². The van der Waals surface area contributed by atoms with Gasteiger partial charge in [0.05, 0.1) is 6.42 Å². The van der Waals surface area contributed by atoms with Crippen LogP contribution >= 0.6 is 0 Å². The van der Waals surface area contributed by atoms with E-state index in [4.69, 9.17) is 0 Å². The predicted molar refractivity (Wildman–Crippen MR) is 60.3 cm³/mol. The molecule has 0 saturated heterocycles. The summed E-state index contributed by atoms with van der Waals surface area (Å²) in [5.41, 5.74) is 1.98. The van der Waals surface area contributed by atoms with E-state index in [-0.39, 0.29) is 5.78 Å². The molecule has 0 fully saturated rings. The second-order valence-electron chi connectivity index (χ2n) is 3.57. The van der Waals surface area contributed by atoms with Crippen LogP contribution in [-0.4, -0.2) is 5.78 Å². The minimum Gasteiger partial charge on any atom is -0.294 e. The summed E-state index contributed by atoms with van der Waals surface area (Å²) in [7, 11) is 0. The minimum atomic E-state index is -0.0576. The van der Waals surface area contributed by atoms with Crippen LogP contribution in [0.5, 0.6) is 0 Å². The van der Waals surface area contributed by atoms with Gasteiger partial charge in [-0.15, -0.1) is 0 Å². The Morgan fingerprint density at radius 3 is 2.73 bits per heavy atom. The predicted octanol–water partition coefficient (Wildman–Crippen LogP) is 2.87. The SMILES string of the molecule is O=C1[C]c2ccc3ccccc3c2C=C1. The summed E-state index contributed by atoms with van der Waals surface area (Å²) in [6, 6.07) is 12.1. The standard InChI is InChI=1S/C14H8O/c15-12-7-8-14-11(9-12)6-5-10-3-1-2-4-13(10)14/h1-8H. The Bertz CT molecular complexity index is 579. The Morgan fingerprint density at radius 2 is 1.80 bits per heavy atom. The number of rotatable bonds is 0. The molecule has 2 aromatic rings. The van der Waals surface area contributed by atoms with E-state index in [2.05, 4.69) is 18.6 Å². The molecule has 1 heteroatoms. The van der Waals surface area contributed by atoms with Gasteiger partial charge in [0.15, 0.2) is 5.78 Å². The van der Waals surface area contributed by atoms with Gasteiger partial charge in [0, 0.05) is 0 Å². The van der Waals surface area contributed by atoms with E-state index in [0.717, 1.165) is 11.1 Å². The number of hydrogen-bond acceptors (Lipinski definition) is 1. The fourth-order valence-corrected chi connectivity index (χ4v) is 1.92. The average Bonchev–Trinajstić information content (AvgIpc) is 2.28. The van der Waals surface area contributed by atoms with Crippen molar-refractivity contribution in [1.29, 1.82) is 0 Å². The molecule has 0 bridgehead atoms. The molecular weight excluding hydrogens is 184 g/mol. The van der Waals surface area contributed by atoms with Gasteiger partial charge < -0.3 is 0 Å². The third kappa shape index (κ3) is 1.28. The molecule has 1 nitrogen and oxygen atoms in total. The van der Waals surface area contributed by atoms with E-state index in [1.807, 2.05) is 30.3 Å². The first-order chi connectivity index (χ1) is 7.34. The third-order valence-electron chi connectivity index (χ3n) is 2.63. The van der Waals surface area contributed by atoms with E-state index in [9.17, 15) is 4.79 Å². The zero-order chi connectivity index (χ0) is 10.3. The summed E-state index contributed by atoms with van der Waals surface area (Å²) in [6.45, 7) is 0. The summed E-state index contributed by atoms with van der Waals surface area (Å²) in [5, 5.41) is 2.36. The Balaban J connectivity index is 2.37. The van der Waals surface area contributed by atoms with Crippen LogP contribution in [0.25, 0.3) is 16.8 Å². The van der Waals surface area contributed by atoms with Gasteiger partial charge in [0.1, 0.15) is 0 Å². The Morgan fingerprint density at radius 1 is 0.933 bits per heavy atom. The smallest absolute Gasteiger partial charge is 0.169 e. The maximum atomic E-state index is 11.2. The van der Waals surface area contributed by atoms with E-state index in [0.29, 0.717) is 0 Å². The molecule has 0 saturated carbocycles. The van der Waals surface area contributed by atoms with Crippen molar-refractivity contribution in [3.8, 4) is 0 Å². The van der Waals surface area contributed by atoms with E-state index in [1.54, 1.807) is 6.08 Å². The van der Waals surface area contributed by atoms with E-state index >= 15 is 0 Å². The normalized spacial score (nSPS) is 14.3. The topological polar surface area (TPSA) is 17.1 Å². The highest BCUT2D eigenvalue weighted by molar-refractivity contribution is 6.09. The molecule has 2 radical (unpaired) electrons. The fraction of sp³-hybridized carbons (Fsp3) is 0. The Kier molecular flexibility index (Phi) is 1.72. The van der Waals surface area contributed by atoms with Crippen molar-refractivity contribution >= 4 is 22.6 Å². The summed E-state index contributed by atoms with van der Waals surface area (Å²) >= 11 is 0. The van der Waals surface area contributed by atoms with Crippen LogP contribution in [0.1, 0.15) is 11.1 Å². The minimum absolute atomic E-state index is 0.0576. The maximum Gasteiger partial charge on any atom is 0.169 e. The molecule has 15 heavy (non-hydrogen) atoms. The van der Waals surface area contributed by atoms with Crippen LogP contribution in [0.2, 0.25) is 0 Å². The van der Waals surface area contributed by atoms with Crippen molar-refractivity contribution in [3.05, 3.63) is 60.0 Å². The lowest BCUT2D eigenvalue weighted by atomic mass is 9.92. The highest BCUT2D eigenvalue weighted by Crippen LogP contribution is 2.27. The first kappa shape index (κ1) is 8.42. The summed E-state index contributed by atoms with van der Waals surface area (Å²) in [5.74, 6) is -0.0576. The van der Waals surface area contributed by atoms with E-state index in [1.165, 1.54) is 10.8 Å². The number of hydrogen-bond donors (Lipinski definition) is 0. The van der Waals surface area contributed by atoms with Crippen molar-refractivity contribution in [2.75, 3.05) is 0 Å². The number of allylic oxidation sites excluding steroid dienone is 1. The number of carbonyl (C=O) groups is 1. The zero-order valence-corrected chi connectivity index (χ0v) is 8.03. The Labute approximate surface area is 88.0 Å². The van der Waals surface area contributed by atoms with Gasteiger partial charge in [0.25, 0.3) is 0 Å². The van der Waals surface area contributed by atoms with Gasteiger partial charge >= 0.3 is 0 Å². The second kappa shape index (κ2) is 3.06. The van der Waals surface area contributed by atoms with Crippen molar-refractivity contribution in [1.82, 2.24) is 0 Å². The van der Waals surface area contributed by atoms with Crippen molar-refractivity contribution in [3.63, 3.8) is 0 Å². The van der Waals surface area contributed by atoms with Crippen LogP contribution in [0.15, 0.2) is 42.5 Å². The molecule has 0 N–H and O–H groups in total. The van der Waals surface area contributed by atoms with Crippen LogP contribution in [0, 0.1) is 6.42 Å². The highest BCUT2D eigenvalue weighted by Gasteiger charge is 2.13. The Hall–Kier alpha value is -1.89. The molecule has 70 valence electrons. The summed E-state index contributed by atoms with van der Waals surface area (Å²) in [4.78, 5) is 11.2. The molecule has 0 unspecified atom stereocenters. The lowest BCUT2D eigenvalue weighted by molar-refractivity contribution is -0.111. The first-order valence-electron chi connectivity index (χ1n) is 4.85. The quantitative estimate of drug-likeness (QED) is 0.627. The molecule has 1 aliphatic carbocycles. The third-order valence-corrected chi connectivity index (χ3v) is 2.63. The molecule has 0 spiro atoms. The molecule has 1 aliphatic rings. The lowest BCUT2D eigenvalue weighted by Crippen LogP contribution is -2.02. The molecule has 2 aromatic carbocycles. The van der Waals surface area contributed by atoms with Gasteiger partial charge in [-0.05, 0) is 28.0 Å². The van der Waals surface area contributed by atoms with Crippen LogP contribution in [0.4, 0.5) is 0 Å². The van der Waals surface area contributed by atoms with Gasteiger partial charge in [-0.1, -0.05) is 42.5 Å². The van der Waals surface area contributed by atoms with Crippen LogP contribution in [-0.2, 0) is 4.79 Å². The van der Waals surface area contributed by atoms with Crippen LogP contribution in [0.3, 0.4) is 0 Å². The van der Waals surface area contributed by atoms with Crippen molar-refractivity contribution in [2.45, 2.75) is 0 Å². The second-order valence-corrected chi connectivity index (χ2v) is 3.57. The molecular formula is C14H8O.